The van der Waals surface area contributed by atoms with Gasteiger partial charge in [0.25, 0.3) is 0 Å². The van der Waals surface area contributed by atoms with Crippen LogP contribution in [-0.2, 0) is 9.59 Å². The first-order chi connectivity index (χ1) is 8.58. The Labute approximate surface area is 107 Å². The molecular weight excluding hydrogens is 230 g/mol. The van der Waals surface area contributed by atoms with Crippen LogP contribution in [0, 0.1) is 6.92 Å². The van der Waals surface area contributed by atoms with Crippen molar-refractivity contribution in [3.63, 3.8) is 0 Å². The van der Waals surface area contributed by atoms with Gasteiger partial charge in [-0.15, -0.1) is 0 Å². The van der Waals surface area contributed by atoms with Crippen molar-refractivity contribution in [2.45, 2.75) is 39.0 Å². The minimum atomic E-state index is -0.0634. The lowest BCUT2D eigenvalue weighted by molar-refractivity contribution is -0.135. The SMILES string of the molecule is CC(=O)CC(=O)N1CCC(c2[nH]cnc2C)CC1. The van der Waals surface area contributed by atoms with Crippen molar-refractivity contribution >= 4 is 11.7 Å². The Morgan fingerprint density at radius 1 is 1.44 bits per heavy atom. The van der Waals surface area contributed by atoms with Gasteiger partial charge in [0.15, 0.2) is 0 Å². The quantitative estimate of drug-likeness (QED) is 0.823. The van der Waals surface area contributed by atoms with Crippen LogP contribution in [0.25, 0.3) is 0 Å². The van der Waals surface area contributed by atoms with E-state index in [1.165, 1.54) is 12.6 Å². The molecule has 0 aliphatic carbocycles. The minimum Gasteiger partial charge on any atom is -0.348 e. The molecule has 0 aromatic carbocycles. The molecule has 0 bridgehead atoms. The summed E-state index contributed by atoms with van der Waals surface area (Å²) in [4.78, 5) is 31.9. The number of rotatable bonds is 3. The third-order valence-corrected chi connectivity index (χ3v) is 3.52. The lowest BCUT2D eigenvalue weighted by Crippen LogP contribution is -2.38. The van der Waals surface area contributed by atoms with Gasteiger partial charge in [0.1, 0.15) is 5.78 Å². The van der Waals surface area contributed by atoms with Gasteiger partial charge in [-0.1, -0.05) is 0 Å². The number of amides is 1. The highest BCUT2D eigenvalue weighted by Crippen LogP contribution is 2.28. The molecule has 0 radical (unpaired) electrons. The summed E-state index contributed by atoms with van der Waals surface area (Å²) in [5, 5.41) is 0. The number of imidazole rings is 1. The molecule has 1 aliphatic heterocycles. The first-order valence-electron chi connectivity index (χ1n) is 6.35. The van der Waals surface area contributed by atoms with E-state index in [0.717, 1.165) is 31.6 Å². The van der Waals surface area contributed by atoms with E-state index in [-0.39, 0.29) is 18.1 Å². The number of nitrogens with one attached hydrogen (secondary N) is 1. The van der Waals surface area contributed by atoms with E-state index in [4.69, 9.17) is 0 Å². The Morgan fingerprint density at radius 3 is 2.61 bits per heavy atom. The highest BCUT2D eigenvalue weighted by Gasteiger charge is 2.25. The number of ketones is 1. The molecule has 1 saturated heterocycles. The topological polar surface area (TPSA) is 66.1 Å². The van der Waals surface area contributed by atoms with Crippen LogP contribution in [0.15, 0.2) is 6.33 Å². The summed E-state index contributed by atoms with van der Waals surface area (Å²) in [7, 11) is 0. The normalized spacial score (nSPS) is 16.9. The van der Waals surface area contributed by atoms with Crippen molar-refractivity contribution < 1.29 is 9.59 Å². The number of aryl methyl sites for hydroxylation is 1. The van der Waals surface area contributed by atoms with Gasteiger partial charge >= 0.3 is 0 Å². The molecule has 1 fully saturated rings. The van der Waals surface area contributed by atoms with Gasteiger partial charge in [0.2, 0.25) is 5.91 Å². The molecule has 1 N–H and O–H groups in total. The third kappa shape index (κ3) is 2.78. The summed E-state index contributed by atoms with van der Waals surface area (Å²) >= 11 is 0. The highest BCUT2D eigenvalue weighted by atomic mass is 16.2. The minimum absolute atomic E-state index is 0.0355. The van der Waals surface area contributed by atoms with Gasteiger partial charge in [-0.25, -0.2) is 4.98 Å². The predicted molar refractivity (Wildman–Crippen MR) is 67.2 cm³/mol. The predicted octanol–water partition coefficient (Wildman–Crippen LogP) is 1.40. The van der Waals surface area contributed by atoms with E-state index in [1.807, 2.05) is 6.92 Å². The van der Waals surface area contributed by atoms with Crippen LogP contribution >= 0.6 is 0 Å². The molecule has 0 unspecified atom stereocenters. The molecule has 5 heteroatoms. The third-order valence-electron chi connectivity index (χ3n) is 3.52. The molecule has 1 aromatic rings. The Balaban J connectivity index is 1.90. The van der Waals surface area contributed by atoms with Gasteiger partial charge in [-0.2, -0.15) is 0 Å². The standard InChI is InChI=1S/C13H19N3O2/c1-9(17)7-12(18)16-5-3-11(4-6-16)13-10(2)14-8-15-13/h8,11H,3-7H2,1-2H3,(H,14,15). The van der Waals surface area contributed by atoms with E-state index < -0.39 is 0 Å². The number of hydrogen-bond donors (Lipinski definition) is 1. The molecular formula is C13H19N3O2. The first-order valence-corrected chi connectivity index (χ1v) is 6.35. The van der Waals surface area contributed by atoms with Crippen molar-refractivity contribution in [2.75, 3.05) is 13.1 Å². The largest absolute Gasteiger partial charge is 0.348 e. The number of likely N-dealkylation sites (tertiary alicyclic amines) is 1. The number of H-pyrrole nitrogens is 1. The van der Waals surface area contributed by atoms with Gasteiger partial charge < -0.3 is 9.88 Å². The Bertz CT molecular complexity index is 445. The Kier molecular flexibility index (Phi) is 3.79. The maximum absolute atomic E-state index is 11.8. The van der Waals surface area contributed by atoms with Gasteiger partial charge in [0.05, 0.1) is 18.4 Å². The zero-order valence-corrected chi connectivity index (χ0v) is 10.9. The molecule has 0 atom stereocenters. The number of carbonyl (C=O) groups excluding carboxylic acids is 2. The van der Waals surface area contributed by atoms with Crippen LogP contribution in [0.1, 0.15) is 43.5 Å². The van der Waals surface area contributed by atoms with E-state index in [2.05, 4.69) is 9.97 Å². The molecule has 1 aromatic heterocycles. The van der Waals surface area contributed by atoms with Crippen molar-refractivity contribution in [3.05, 3.63) is 17.7 Å². The summed E-state index contributed by atoms with van der Waals surface area (Å²) in [6.45, 7) is 4.92. The number of hydrogen-bond acceptors (Lipinski definition) is 3. The number of piperidine rings is 1. The zero-order valence-electron chi connectivity index (χ0n) is 10.9. The molecule has 0 spiro atoms. The second-order valence-corrected chi connectivity index (χ2v) is 4.94. The van der Waals surface area contributed by atoms with Crippen molar-refractivity contribution in [2.24, 2.45) is 0 Å². The summed E-state index contributed by atoms with van der Waals surface area (Å²) in [5.74, 6) is 0.350. The molecule has 0 saturated carbocycles. The molecule has 18 heavy (non-hydrogen) atoms. The fourth-order valence-corrected chi connectivity index (χ4v) is 2.53. The second kappa shape index (κ2) is 5.33. The van der Waals surface area contributed by atoms with E-state index in [9.17, 15) is 9.59 Å². The average Bonchev–Trinajstić information content (AvgIpc) is 2.75. The number of aromatic nitrogens is 2. The molecule has 1 aliphatic rings. The van der Waals surface area contributed by atoms with E-state index in [1.54, 1.807) is 11.2 Å². The average molecular weight is 249 g/mol. The van der Waals surface area contributed by atoms with Crippen molar-refractivity contribution in [1.82, 2.24) is 14.9 Å². The van der Waals surface area contributed by atoms with Crippen LogP contribution in [0.4, 0.5) is 0 Å². The molecule has 5 nitrogen and oxygen atoms in total. The molecule has 98 valence electrons. The monoisotopic (exact) mass is 249 g/mol. The van der Waals surface area contributed by atoms with Crippen LogP contribution in [0.2, 0.25) is 0 Å². The van der Waals surface area contributed by atoms with Crippen molar-refractivity contribution in [1.29, 1.82) is 0 Å². The lowest BCUT2D eigenvalue weighted by atomic mass is 9.92. The molecule has 2 rings (SSSR count). The maximum Gasteiger partial charge on any atom is 0.230 e. The van der Waals surface area contributed by atoms with Crippen LogP contribution in [0.5, 0.6) is 0 Å². The Hall–Kier alpha value is -1.65. The summed E-state index contributed by atoms with van der Waals surface area (Å²) in [6.07, 6.45) is 3.63. The number of Topliss-reactive ketones (excluding diaryl/α,β-unsaturated/α-hetero) is 1. The number of nitrogens with zero attached hydrogens (tertiary/aromatic N) is 2. The number of aromatic amines is 1. The van der Waals surface area contributed by atoms with Crippen molar-refractivity contribution in [3.8, 4) is 0 Å². The summed E-state index contributed by atoms with van der Waals surface area (Å²) in [5.41, 5.74) is 2.23. The zero-order chi connectivity index (χ0) is 13.1. The van der Waals surface area contributed by atoms with Gasteiger partial charge in [0, 0.05) is 24.7 Å². The van der Waals surface area contributed by atoms with E-state index >= 15 is 0 Å². The second-order valence-electron chi connectivity index (χ2n) is 4.94. The Morgan fingerprint density at radius 2 is 2.11 bits per heavy atom. The van der Waals surface area contributed by atoms with Crippen LogP contribution < -0.4 is 0 Å². The maximum atomic E-state index is 11.8. The first kappa shape index (κ1) is 12.8. The molecule has 2 heterocycles. The van der Waals surface area contributed by atoms with E-state index in [0.29, 0.717) is 5.92 Å². The van der Waals surface area contributed by atoms with Crippen LogP contribution in [-0.4, -0.2) is 39.6 Å². The van der Waals surface area contributed by atoms with Gasteiger partial charge in [-0.05, 0) is 26.7 Å². The highest BCUT2D eigenvalue weighted by molar-refractivity contribution is 5.96. The fraction of sp³-hybridized carbons (Fsp3) is 0.615. The lowest BCUT2D eigenvalue weighted by Gasteiger charge is -2.31. The van der Waals surface area contributed by atoms with Crippen LogP contribution in [0.3, 0.4) is 0 Å². The summed E-state index contributed by atoms with van der Waals surface area (Å²) in [6, 6.07) is 0. The smallest absolute Gasteiger partial charge is 0.230 e. The fourth-order valence-electron chi connectivity index (χ4n) is 2.53. The number of carbonyl (C=O) groups is 2. The summed E-state index contributed by atoms with van der Waals surface area (Å²) < 4.78 is 0. The molecule has 1 amide bonds. The van der Waals surface area contributed by atoms with Gasteiger partial charge in [-0.3, -0.25) is 9.59 Å².